The maximum atomic E-state index is 14.9. The van der Waals surface area contributed by atoms with Crippen molar-refractivity contribution in [3.63, 3.8) is 0 Å². The second-order valence-corrected chi connectivity index (χ2v) is 13.9. The lowest BCUT2D eigenvalue weighted by molar-refractivity contribution is -0.267. The van der Waals surface area contributed by atoms with Crippen molar-refractivity contribution in [2.75, 3.05) is 13.7 Å². The summed E-state index contributed by atoms with van der Waals surface area (Å²) in [6.07, 6.45) is 7.94. The lowest BCUT2D eigenvalue weighted by Crippen LogP contribution is -2.62. The van der Waals surface area contributed by atoms with E-state index in [-0.39, 0.29) is 36.6 Å². The first-order valence-electron chi connectivity index (χ1n) is 15.9. The molecule has 222 valence electrons. The Morgan fingerprint density at radius 3 is 2.67 bits per heavy atom. The zero-order valence-electron chi connectivity index (χ0n) is 24.8. The van der Waals surface area contributed by atoms with Crippen molar-refractivity contribution >= 4 is 22.6 Å². The fourth-order valence-electron chi connectivity index (χ4n) is 10.7. The Morgan fingerprint density at radius 1 is 1.02 bits per heavy atom. The van der Waals surface area contributed by atoms with Gasteiger partial charge in [-0.3, -0.25) is 4.79 Å². The number of carbonyl (C=O) groups is 1. The van der Waals surface area contributed by atoms with Crippen LogP contribution in [-0.2, 0) is 28.8 Å². The van der Waals surface area contributed by atoms with Crippen molar-refractivity contribution in [1.29, 1.82) is 0 Å². The SMILES string of the molecule is C=C1C2C(CO)C3CCCC14Cc1ccc5cc6c(cc5c1)C(Cc1cccc(c1)CCC(=O)C34C2(O)OC)C(O)C=C6. The number of ether oxygens (including phenoxy) is 1. The van der Waals surface area contributed by atoms with Crippen LogP contribution in [0.2, 0.25) is 0 Å². The molecule has 8 unspecified atom stereocenters. The van der Waals surface area contributed by atoms with Crippen LogP contribution >= 0.6 is 0 Å². The van der Waals surface area contributed by atoms with Crippen molar-refractivity contribution in [3.8, 4) is 0 Å². The molecule has 5 heteroatoms. The van der Waals surface area contributed by atoms with Gasteiger partial charge in [-0.25, -0.2) is 0 Å². The van der Waals surface area contributed by atoms with Gasteiger partial charge in [0.15, 0.2) is 5.79 Å². The molecule has 5 aliphatic carbocycles. The molecule has 0 aliphatic heterocycles. The third-order valence-corrected chi connectivity index (χ3v) is 12.3. The van der Waals surface area contributed by atoms with Gasteiger partial charge in [-0.1, -0.05) is 79.3 Å². The summed E-state index contributed by atoms with van der Waals surface area (Å²) in [6, 6.07) is 19.4. The summed E-state index contributed by atoms with van der Waals surface area (Å²) in [5.41, 5.74) is 4.62. The first kappa shape index (κ1) is 27.5. The molecule has 7 bridgehead atoms. The van der Waals surface area contributed by atoms with E-state index in [2.05, 4.69) is 55.1 Å². The van der Waals surface area contributed by atoms with Crippen LogP contribution in [-0.4, -0.2) is 46.7 Å². The van der Waals surface area contributed by atoms with E-state index >= 15 is 0 Å². The molecule has 3 aromatic rings. The standard InChI is InChI=1S/C38H40O5/c1-22-35-31(21-39)32-7-4-14-36(22)20-25-8-10-26-18-27-11-12-33(40)30(29(27)19-28(26)16-25)17-24-6-3-5-23(15-24)9-13-34(41)37(32,36)38(35,42)43-2/h3,5-6,8,10-12,15-16,18-19,30-33,35,39-40,42H,1,4,7,9,13-14,17,20-21H2,2H3. The van der Waals surface area contributed by atoms with Crippen LogP contribution in [0.25, 0.3) is 16.8 Å². The first-order chi connectivity index (χ1) is 20.8. The molecule has 5 aliphatic rings. The second-order valence-electron chi connectivity index (χ2n) is 13.9. The minimum Gasteiger partial charge on any atom is -0.396 e. The van der Waals surface area contributed by atoms with E-state index in [4.69, 9.17) is 4.74 Å². The highest BCUT2D eigenvalue weighted by molar-refractivity contribution is 5.91. The number of hydrogen-bond acceptors (Lipinski definition) is 5. The molecule has 43 heavy (non-hydrogen) atoms. The molecule has 0 saturated heterocycles. The number of fused-ring (bicyclic) bond motifs is 4. The molecule has 1 spiro atoms. The van der Waals surface area contributed by atoms with Gasteiger partial charge in [-0.15, -0.1) is 0 Å². The summed E-state index contributed by atoms with van der Waals surface area (Å²) in [6.45, 7) is 4.52. The molecular weight excluding hydrogens is 536 g/mol. The van der Waals surface area contributed by atoms with Gasteiger partial charge in [0.2, 0.25) is 0 Å². The summed E-state index contributed by atoms with van der Waals surface area (Å²) >= 11 is 0. The minimum atomic E-state index is -1.71. The van der Waals surface area contributed by atoms with Crippen molar-refractivity contribution in [1.82, 2.24) is 0 Å². The van der Waals surface area contributed by atoms with Gasteiger partial charge in [0.05, 0.1) is 11.5 Å². The van der Waals surface area contributed by atoms with Crippen LogP contribution in [0, 0.1) is 28.6 Å². The number of hydrogen-bond donors (Lipinski definition) is 3. The van der Waals surface area contributed by atoms with Crippen LogP contribution in [0.3, 0.4) is 0 Å². The summed E-state index contributed by atoms with van der Waals surface area (Å²) < 4.78 is 6.06. The number of carbonyl (C=O) groups excluding carboxylic acids is 1. The molecule has 8 atom stereocenters. The molecular formula is C38H40O5. The van der Waals surface area contributed by atoms with Crippen molar-refractivity contribution < 1.29 is 24.9 Å². The highest BCUT2D eigenvalue weighted by Crippen LogP contribution is 2.80. The summed E-state index contributed by atoms with van der Waals surface area (Å²) in [5, 5.41) is 36.6. The topological polar surface area (TPSA) is 87.0 Å². The van der Waals surface area contributed by atoms with E-state index in [1.807, 2.05) is 18.2 Å². The fraction of sp³-hybridized carbons (Fsp3) is 0.447. The van der Waals surface area contributed by atoms with Crippen molar-refractivity contribution in [2.45, 2.75) is 62.8 Å². The van der Waals surface area contributed by atoms with E-state index in [0.717, 1.165) is 63.4 Å². The predicted molar refractivity (Wildman–Crippen MR) is 166 cm³/mol. The van der Waals surface area contributed by atoms with E-state index < -0.39 is 28.6 Å². The van der Waals surface area contributed by atoms with E-state index in [0.29, 0.717) is 19.3 Å². The third-order valence-electron chi connectivity index (χ3n) is 12.3. The molecule has 3 saturated carbocycles. The number of aryl methyl sites for hydroxylation is 1. The van der Waals surface area contributed by atoms with Crippen LogP contribution in [0.15, 0.2) is 72.8 Å². The number of rotatable bonds is 2. The number of Topliss-reactive ketones (excluding diaryl/α,β-unsaturated/α-hetero) is 1. The zero-order chi connectivity index (χ0) is 29.7. The molecule has 5 nitrogen and oxygen atoms in total. The normalized spacial score (nSPS) is 37.8. The highest BCUT2D eigenvalue weighted by Gasteiger charge is 2.85. The second kappa shape index (κ2) is 9.45. The van der Waals surface area contributed by atoms with Gasteiger partial charge in [0.1, 0.15) is 5.78 Å². The summed E-state index contributed by atoms with van der Waals surface area (Å²) in [5.74, 6) is -2.67. The lowest BCUT2D eigenvalue weighted by atomic mass is 9.45. The molecule has 8 rings (SSSR count). The Bertz CT molecular complexity index is 1710. The quantitative estimate of drug-likeness (QED) is 0.276. The van der Waals surface area contributed by atoms with Crippen LogP contribution in [0.5, 0.6) is 0 Å². The van der Waals surface area contributed by atoms with Gasteiger partial charge in [0.25, 0.3) is 0 Å². The molecule has 0 heterocycles. The number of benzene rings is 3. The Morgan fingerprint density at radius 2 is 1.86 bits per heavy atom. The molecule has 0 aromatic heterocycles. The first-order valence-corrected chi connectivity index (χ1v) is 15.9. The molecule has 3 aromatic carbocycles. The van der Waals surface area contributed by atoms with E-state index in [9.17, 15) is 20.1 Å². The van der Waals surface area contributed by atoms with Gasteiger partial charge in [-0.05, 0) is 88.6 Å². The summed E-state index contributed by atoms with van der Waals surface area (Å²) in [4.78, 5) is 14.9. The van der Waals surface area contributed by atoms with Crippen LogP contribution in [0.1, 0.15) is 59.4 Å². The summed E-state index contributed by atoms with van der Waals surface area (Å²) in [7, 11) is 1.52. The number of aliphatic hydroxyl groups is 3. The average molecular weight is 577 g/mol. The van der Waals surface area contributed by atoms with Crippen molar-refractivity contribution in [2.24, 2.45) is 28.6 Å². The fourth-order valence-corrected chi connectivity index (χ4v) is 10.7. The van der Waals surface area contributed by atoms with Gasteiger partial charge < -0.3 is 20.1 Å². The monoisotopic (exact) mass is 576 g/mol. The Hall–Kier alpha value is -3.09. The zero-order valence-corrected chi connectivity index (χ0v) is 24.8. The van der Waals surface area contributed by atoms with Gasteiger partial charge in [-0.2, -0.15) is 0 Å². The third kappa shape index (κ3) is 3.40. The molecule has 0 radical (unpaired) electrons. The molecule has 0 amide bonds. The van der Waals surface area contributed by atoms with E-state index in [1.165, 1.54) is 7.11 Å². The van der Waals surface area contributed by atoms with Gasteiger partial charge >= 0.3 is 0 Å². The van der Waals surface area contributed by atoms with Crippen molar-refractivity contribution in [3.05, 3.63) is 101 Å². The van der Waals surface area contributed by atoms with Gasteiger partial charge in [0, 0.05) is 37.4 Å². The largest absolute Gasteiger partial charge is 0.396 e. The average Bonchev–Trinajstić information content (AvgIpc) is 3.35. The Kier molecular flexibility index (Phi) is 6.04. The number of aliphatic hydroxyl groups excluding tert-OH is 2. The maximum Gasteiger partial charge on any atom is 0.185 e. The number of methoxy groups -OCH3 is 1. The smallest absolute Gasteiger partial charge is 0.185 e. The van der Waals surface area contributed by atoms with E-state index in [1.54, 1.807) is 0 Å². The van der Waals surface area contributed by atoms with Crippen LogP contribution < -0.4 is 0 Å². The predicted octanol–water partition coefficient (Wildman–Crippen LogP) is 5.53. The number of ketones is 1. The molecule has 3 N–H and O–H groups in total. The minimum absolute atomic E-state index is 0.0270. The highest BCUT2D eigenvalue weighted by atomic mass is 16.6. The lowest BCUT2D eigenvalue weighted by Gasteiger charge is -2.57. The Balaban J connectivity index is 1.37. The Labute approximate surface area is 252 Å². The molecule has 3 fully saturated rings. The maximum absolute atomic E-state index is 14.9. The van der Waals surface area contributed by atoms with Crippen LogP contribution in [0.4, 0.5) is 0 Å².